The quantitative estimate of drug-likeness (QED) is 0.837. The van der Waals surface area contributed by atoms with Gasteiger partial charge >= 0.3 is 0 Å². The fourth-order valence-corrected chi connectivity index (χ4v) is 2.55. The third-order valence-electron chi connectivity index (χ3n) is 3.67. The Kier molecular flexibility index (Phi) is 4.23. The lowest BCUT2D eigenvalue weighted by Crippen LogP contribution is -2.36. The molecule has 106 valence electrons. The van der Waals surface area contributed by atoms with Crippen molar-refractivity contribution in [2.24, 2.45) is 0 Å². The number of carbonyl (C=O) groups is 1. The Morgan fingerprint density at radius 1 is 1.35 bits per heavy atom. The summed E-state index contributed by atoms with van der Waals surface area (Å²) >= 11 is 0. The van der Waals surface area contributed by atoms with Gasteiger partial charge in [0.2, 0.25) is 5.91 Å². The summed E-state index contributed by atoms with van der Waals surface area (Å²) < 4.78 is 1.45. The van der Waals surface area contributed by atoms with Gasteiger partial charge in [-0.25, -0.2) is 0 Å². The molecule has 0 spiro atoms. The van der Waals surface area contributed by atoms with Gasteiger partial charge in [0, 0.05) is 18.8 Å². The maximum Gasteiger partial charge on any atom is 0.269 e. The highest BCUT2D eigenvalue weighted by atomic mass is 16.2. The highest BCUT2D eigenvalue weighted by molar-refractivity contribution is 5.76. The molecule has 2 rings (SSSR count). The Hall–Kier alpha value is -2.09. The predicted molar refractivity (Wildman–Crippen MR) is 75.3 cm³/mol. The van der Waals surface area contributed by atoms with Gasteiger partial charge in [-0.05, 0) is 30.9 Å². The van der Waals surface area contributed by atoms with Gasteiger partial charge in [-0.1, -0.05) is 13.8 Å². The molecule has 1 saturated heterocycles. The smallest absolute Gasteiger partial charge is 0.269 e. The van der Waals surface area contributed by atoms with E-state index in [1.165, 1.54) is 10.6 Å². The van der Waals surface area contributed by atoms with Crippen molar-refractivity contribution in [3.05, 3.63) is 33.7 Å². The fourth-order valence-electron chi connectivity index (χ4n) is 2.55. The normalized spacial score (nSPS) is 14.6. The van der Waals surface area contributed by atoms with Crippen molar-refractivity contribution >= 4 is 5.91 Å². The summed E-state index contributed by atoms with van der Waals surface area (Å²) in [7, 11) is 0. The van der Waals surface area contributed by atoms with Crippen LogP contribution in [0, 0.1) is 11.3 Å². The lowest BCUT2D eigenvalue weighted by Gasteiger charge is -2.19. The highest BCUT2D eigenvalue weighted by Crippen LogP contribution is 2.14. The second kappa shape index (κ2) is 5.91. The number of hydrogen-bond acceptors (Lipinski definition) is 3. The van der Waals surface area contributed by atoms with E-state index in [4.69, 9.17) is 5.26 Å². The molecule has 0 N–H and O–H groups in total. The molecule has 5 nitrogen and oxygen atoms in total. The van der Waals surface area contributed by atoms with Gasteiger partial charge in [0.1, 0.15) is 18.2 Å². The van der Waals surface area contributed by atoms with Crippen molar-refractivity contribution in [3.63, 3.8) is 0 Å². The molecule has 1 aromatic rings. The second-order valence-electron chi connectivity index (χ2n) is 5.42. The van der Waals surface area contributed by atoms with E-state index in [1.807, 2.05) is 19.9 Å². The summed E-state index contributed by atoms with van der Waals surface area (Å²) in [5, 5.41) is 8.96. The number of rotatable bonds is 3. The van der Waals surface area contributed by atoms with Crippen LogP contribution < -0.4 is 5.56 Å². The van der Waals surface area contributed by atoms with Crippen LogP contribution in [-0.2, 0) is 11.3 Å². The molecule has 1 aliphatic rings. The van der Waals surface area contributed by atoms with Crippen molar-refractivity contribution in [2.45, 2.75) is 39.2 Å². The van der Waals surface area contributed by atoms with Crippen LogP contribution in [0.4, 0.5) is 0 Å². The molecule has 0 atom stereocenters. The Bertz CT molecular complexity index is 605. The van der Waals surface area contributed by atoms with Gasteiger partial charge in [0.25, 0.3) is 5.56 Å². The number of hydrogen-bond donors (Lipinski definition) is 0. The highest BCUT2D eigenvalue weighted by Gasteiger charge is 2.20. The monoisotopic (exact) mass is 273 g/mol. The van der Waals surface area contributed by atoms with Gasteiger partial charge in [0.05, 0.1) is 0 Å². The maximum atomic E-state index is 12.2. The van der Waals surface area contributed by atoms with Crippen LogP contribution in [0.15, 0.2) is 16.9 Å². The Morgan fingerprint density at radius 3 is 2.55 bits per heavy atom. The minimum Gasteiger partial charge on any atom is -0.341 e. The molecule has 1 amide bonds. The van der Waals surface area contributed by atoms with E-state index >= 15 is 0 Å². The first-order chi connectivity index (χ1) is 9.54. The standard InChI is InChI=1S/C15H19N3O2/c1-11(2)13-6-5-12(9-16)15(20)18(13)10-14(19)17-7-3-4-8-17/h5-6,11H,3-4,7-8,10H2,1-2H3. The molecule has 0 unspecified atom stereocenters. The molecule has 0 bridgehead atoms. The summed E-state index contributed by atoms with van der Waals surface area (Å²) in [4.78, 5) is 26.3. The molecule has 1 aliphatic heterocycles. The molecule has 0 aliphatic carbocycles. The average molecular weight is 273 g/mol. The van der Waals surface area contributed by atoms with E-state index in [0.717, 1.165) is 31.6 Å². The van der Waals surface area contributed by atoms with E-state index in [-0.39, 0.29) is 29.5 Å². The van der Waals surface area contributed by atoms with E-state index < -0.39 is 0 Å². The van der Waals surface area contributed by atoms with Gasteiger partial charge in [0.15, 0.2) is 0 Å². The second-order valence-corrected chi connectivity index (χ2v) is 5.42. The van der Waals surface area contributed by atoms with Gasteiger partial charge in [-0.15, -0.1) is 0 Å². The molecule has 0 radical (unpaired) electrons. The molecular weight excluding hydrogens is 254 g/mol. The number of nitrogens with zero attached hydrogens (tertiary/aromatic N) is 3. The molecule has 0 aromatic carbocycles. The first-order valence-corrected chi connectivity index (χ1v) is 6.96. The summed E-state index contributed by atoms with van der Waals surface area (Å²) in [5.74, 6) is 0.0865. The fraction of sp³-hybridized carbons (Fsp3) is 0.533. The predicted octanol–water partition coefficient (Wildman–Crippen LogP) is 1.47. The number of aromatic nitrogens is 1. The Balaban J connectivity index is 2.36. The van der Waals surface area contributed by atoms with Gasteiger partial charge in [-0.2, -0.15) is 5.26 Å². The topological polar surface area (TPSA) is 66.1 Å². The zero-order valence-corrected chi connectivity index (χ0v) is 11.9. The summed E-state index contributed by atoms with van der Waals surface area (Å²) in [6.45, 7) is 5.50. The summed E-state index contributed by atoms with van der Waals surface area (Å²) in [6, 6.07) is 5.19. The first-order valence-electron chi connectivity index (χ1n) is 6.96. The van der Waals surface area contributed by atoms with E-state index in [1.54, 1.807) is 11.0 Å². The van der Waals surface area contributed by atoms with Crippen LogP contribution in [-0.4, -0.2) is 28.5 Å². The van der Waals surface area contributed by atoms with E-state index in [2.05, 4.69) is 0 Å². The molecule has 20 heavy (non-hydrogen) atoms. The first kappa shape index (κ1) is 14.3. The van der Waals surface area contributed by atoms with Crippen LogP contribution >= 0.6 is 0 Å². The van der Waals surface area contributed by atoms with Crippen LogP contribution in [0.25, 0.3) is 0 Å². The number of likely N-dealkylation sites (tertiary alicyclic amines) is 1. The lowest BCUT2D eigenvalue weighted by atomic mass is 10.1. The molecule has 2 heterocycles. The van der Waals surface area contributed by atoms with Crippen LogP contribution in [0.1, 0.15) is 43.9 Å². The zero-order chi connectivity index (χ0) is 14.7. The Labute approximate surface area is 118 Å². The number of pyridine rings is 1. The molecule has 5 heteroatoms. The van der Waals surface area contributed by atoms with Crippen LogP contribution in [0.2, 0.25) is 0 Å². The largest absolute Gasteiger partial charge is 0.341 e. The number of nitriles is 1. The van der Waals surface area contributed by atoms with Gasteiger partial charge < -0.3 is 9.47 Å². The number of carbonyl (C=O) groups excluding carboxylic acids is 1. The minimum atomic E-state index is -0.369. The zero-order valence-electron chi connectivity index (χ0n) is 11.9. The lowest BCUT2D eigenvalue weighted by molar-refractivity contribution is -0.130. The molecule has 1 fully saturated rings. The van der Waals surface area contributed by atoms with Gasteiger partial charge in [-0.3, -0.25) is 9.59 Å². The molecule has 1 aromatic heterocycles. The van der Waals surface area contributed by atoms with Crippen molar-refractivity contribution in [1.29, 1.82) is 5.26 Å². The van der Waals surface area contributed by atoms with Crippen molar-refractivity contribution in [3.8, 4) is 6.07 Å². The molecule has 0 saturated carbocycles. The maximum absolute atomic E-state index is 12.2. The van der Waals surface area contributed by atoms with Crippen LogP contribution in [0.3, 0.4) is 0 Å². The van der Waals surface area contributed by atoms with E-state index in [0.29, 0.717) is 0 Å². The van der Waals surface area contributed by atoms with E-state index in [9.17, 15) is 9.59 Å². The third kappa shape index (κ3) is 2.74. The SMILES string of the molecule is CC(C)c1ccc(C#N)c(=O)n1CC(=O)N1CCCC1. The minimum absolute atomic E-state index is 0.0296. The van der Waals surface area contributed by atoms with Crippen molar-refractivity contribution < 1.29 is 4.79 Å². The van der Waals surface area contributed by atoms with Crippen LogP contribution in [0.5, 0.6) is 0 Å². The third-order valence-corrected chi connectivity index (χ3v) is 3.67. The number of amides is 1. The summed E-state index contributed by atoms with van der Waals surface area (Å²) in [6.07, 6.45) is 2.05. The molecular formula is C15H19N3O2. The summed E-state index contributed by atoms with van der Waals surface area (Å²) in [5.41, 5.74) is 0.511. The average Bonchev–Trinajstić information content (AvgIpc) is 2.94. The van der Waals surface area contributed by atoms with Crippen molar-refractivity contribution in [1.82, 2.24) is 9.47 Å². The Morgan fingerprint density at radius 2 is 2.00 bits per heavy atom. The van der Waals surface area contributed by atoms with Crippen molar-refractivity contribution in [2.75, 3.05) is 13.1 Å².